The molecule has 0 aliphatic heterocycles. The first-order valence-electron chi connectivity index (χ1n) is 10.2. The summed E-state index contributed by atoms with van der Waals surface area (Å²) in [5.74, 6) is 6.45. The van der Waals surface area contributed by atoms with Crippen molar-refractivity contribution in [1.82, 2.24) is 0 Å². The van der Waals surface area contributed by atoms with E-state index in [-0.39, 0.29) is 35.2 Å². The minimum atomic E-state index is -0.719. The van der Waals surface area contributed by atoms with Crippen LogP contribution in [0.4, 0.5) is 0 Å². The highest BCUT2D eigenvalue weighted by Gasteiger charge is 2.55. The summed E-state index contributed by atoms with van der Waals surface area (Å²) in [5.41, 5.74) is 1.29. The number of rotatable bonds is 3. The van der Waals surface area contributed by atoms with Crippen LogP contribution in [-0.2, 0) is 14.3 Å². The lowest BCUT2D eigenvalue weighted by Gasteiger charge is -2.57. The Bertz CT molecular complexity index is 712. The van der Waals surface area contributed by atoms with Crippen molar-refractivity contribution in [3.05, 3.63) is 11.6 Å². The van der Waals surface area contributed by atoms with Crippen molar-refractivity contribution in [3.63, 3.8) is 0 Å². The van der Waals surface area contributed by atoms with Crippen LogP contribution < -0.4 is 0 Å². The molecule has 2 fully saturated rings. The molecule has 0 aromatic rings. The quantitative estimate of drug-likeness (QED) is 0.447. The summed E-state index contributed by atoms with van der Waals surface area (Å²) in [4.78, 5) is 23.0. The van der Waals surface area contributed by atoms with Crippen molar-refractivity contribution in [3.8, 4) is 11.8 Å². The van der Waals surface area contributed by atoms with E-state index in [4.69, 9.17) is 4.74 Å². The Morgan fingerprint density at radius 3 is 2.67 bits per heavy atom. The lowest BCUT2D eigenvalue weighted by Crippen LogP contribution is -2.51. The number of carbonyl (C=O) groups excluding carboxylic acids is 1. The fourth-order valence-electron chi connectivity index (χ4n) is 6.29. The molecule has 0 heterocycles. The lowest BCUT2D eigenvalue weighted by atomic mass is 9.47. The molecular formula is C23H32O4. The summed E-state index contributed by atoms with van der Waals surface area (Å²) in [6.45, 7) is 7.84. The van der Waals surface area contributed by atoms with Crippen molar-refractivity contribution >= 4 is 11.9 Å². The van der Waals surface area contributed by atoms with E-state index < -0.39 is 5.97 Å². The Morgan fingerprint density at radius 1 is 1.30 bits per heavy atom. The Labute approximate surface area is 162 Å². The zero-order valence-corrected chi connectivity index (χ0v) is 17.0. The molecule has 3 aliphatic carbocycles. The van der Waals surface area contributed by atoms with Crippen LogP contribution in [0, 0.1) is 40.4 Å². The van der Waals surface area contributed by atoms with Crippen molar-refractivity contribution < 1.29 is 19.4 Å². The van der Waals surface area contributed by atoms with Gasteiger partial charge in [0.1, 0.15) is 6.10 Å². The summed E-state index contributed by atoms with van der Waals surface area (Å²) < 4.78 is 5.48. The van der Waals surface area contributed by atoms with Crippen molar-refractivity contribution in [2.45, 2.75) is 78.7 Å². The van der Waals surface area contributed by atoms with Crippen LogP contribution in [0.25, 0.3) is 0 Å². The fraction of sp³-hybridized carbons (Fsp3) is 0.739. The van der Waals surface area contributed by atoms with Gasteiger partial charge >= 0.3 is 11.9 Å². The maximum absolute atomic E-state index is 11.6. The van der Waals surface area contributed by atoms with Crippen LogP contribution in [0.15, 0.2) is 11.6 Å². The molecule has 27 heavy (non-hydrogen) atoms. The molecule has 0 bridgehead atoms. The second-order valence-corrected chi connectivity index (χ2v) is 9.16. The third-order valence-corrected chi connectivity index (χ3v) is 7.59. The number of hydrogen-bond donors (Lipinski definition) is 1. The third-order valence-electron chi connectivity index (χ3n) is 7.59. The summed E-state index contributed by atoms with van der Waals surface area (Å²) in [6.07, 6.45) is 8.23. The predicted octanol–water partition coefficient (Wildman–Crippen LogP) is 4.59. The number of esters is 1. The molecule has 6 atom stereocenters. The Kier molecular flexibility index (Phi) is 5.43. The summed E-state index contributed by atoms with van der Waals surface area (Å²) in [6, 6.07) is 0. The molecule has 3 aliphatic rings. The minimum absolute atomic E-state index is 0.00648. The van der Waals surface area contributed by atoms with E-state index in [0.717, 1.165) is 38.5 Å². The number of carboxylic acids is 1. The van der Waals surface area contributed by atoms with Gasteiger partial charge in [0.15, 0.2) is 0 Å². The smallest absolute Gasteiger partial charge is 0.303 e. The van der Waals surface area contributed by atoms with Gasteiger partial charge in [0, 0.05) is 25.2 Å². The van der Waals surface area contributed by atoms with Gasteiger partial charge in [-0.2, -0.15) is 0 Å². The topological polar surface area (TPSA) is 63.6 Å². The van der Waals surface area contributed by atoms with Gasteiger partial charge in [0.05, 0.1) is 0 Å². The van der Waals surface area contributed by atoms with Crippen LogP contribution in [-0.4, -0.2) is 23.1 Å². The Hall–Kier alpha value is -1.76. The Morgan fingerprint density at radius 2 is 2.04 bits per heavy atom. The largest absolute Gasteiger partial charge is 0.481 e. The number of ether oxygens (including phenoxy) is 1. The van der Waals surface area contributed by atoms with Crippen LogP contribution in [0.5, 0.6) is 0 Å². The number of allylic oxidation sites excluding steroid dienone is 1. The lowest BCUT2D eigenvalue weighted by molar-refractivity contribution is -0.148. The van der Waals surface area contributed by atoms with Gasteiger partial charge in [0.25, 0.3) is 0 Å². The standard InChI is InChI=1S/C23H32O4/c1-5-10-22(3)11-9-19-18(20(22)14-21(25)26)7-6-16-13-17(27-15(2)24)8-12-23(16,19)4/h6,17-20H,7-9,11-14H2,1-4H3,(H,25,26)/t17-,18+,19-,20-,22-,23-/m0/s1. The first kappa shape index (κ1) is 20.0. The van der Waals surface area contributed by atoms with Gasteiger partial charge in [-0.1, -0.05) is 24.5 Å². The number of hydrogen-bond acceptors (Lipinski definition) is 3. The van der Waals surface area contributed by atoms with Crippen molar-refractivity contribution in [1.29, 1.82) is 0 Å². The highest BCUT2D eigenvalue weighted by Crippen LogP contribution is 2.61. The monoisotopic (exact) mass is 372 g/mol. The molecule has 0 aromatic carbocycles. The van der Waals surface area contributed by atoms with E-state index in [0.29, 0.717) is 11.8 Å². The van der Waals surface area contributed by atoms with Gasteiger partial charge in [-0.05, 0) is 69.1 Å². The molecule has 4 nitrogen and oxygen atoms in total. The summed E-state index contributed by atoms with van der Waals surface area (Å²) >= 11 is 0. The number of carboxylic acid groups (broad SMARTS) is 1. The number of carbonyl (C=O) groups is 2. The molecule has 0 unspecified atom stereocenters. The van der Waals surface area contributed by atoms with Gasteiger partial charge in [0.2, 0.25) is 0 Å². The third kappa shape index (κ3) is 3.66. The molecule has 3 rings (SSSR count). The first-order chi connectivity index (χ1) is 12.7. The van der Waals surface area contributed by atoms with Crippen molar-refractivity contribution in [2.75, 3.05) is 0 Å². The SMILES string of the molecule is CC#C[C@@]1(C)CC[C@H]2[C@@H](CC=C3C[C@@H](OC(C)=O)CC[C@@]32C)[C@@H]1CC(=O)O. The van der Waals surface area contributed by atoms with Gasteiger partial charge in [-0.15, -0.1) is 5.92 Å². The second kappa shape index (κ2) is 7.34. The first-order valence-corrected chi connectivity index (χ1v) is 10.2. The second-order valence-electron chi connectivity index (χ2n) is 9.16. The highest BCUT2D eigenvalue weighted by molar-refractivity contribution is 5.67. The molecule has 0 amide bonds. The van der Waals surface area contributed by atoms with E-state index in [1.54, 1.807) is 0 Å². The van der Waals surface area contributed by atoms with E-state index >= 15 is 0 Å². The van der Waals surface area contributed by atoms with Crippen LogP contribution >= 0.6 is 0 Å². The Balaban J connectivity index is 1.90. The van der Waals surface area contributed by atoms with Gasteiger partial charge in [-0.3, -0.25) is 9.59 Å². The van der Waals surface area contributed by atoms with Crippen LogP contribution in [0.1, 0.15) is 72.6 Å². The van der Waals surface area contributed by atoms with Crippen LogP contribution in [0.2, 0.25) is 0 Å². The predicted molar refractivity (Wildman–Crippen MR) is 104 cm³/mol. The van der Waals surface area contributed by atoms with E-state index in [1.165, 1.54) is 12.5 Å². The van der Waals surface area contributed by atoms with E-state index in [2.05, 4.69) is 31.8 Å². The molecule has 148 valence electrons. The van der Waals surface area contributed by atoms with Gasteiger partial charge < -0.3 is 9.84 Å². The molecule has 1 N–H and O–H groups in total. The molecule has 0 radical (unpaired) electrons. The summed E-state index contributed by atoms with van der Waals surface area (Å²) in [7, 11) is 0. The molecule has 0 aromatic heterocycles. The van der Waals surface area contributed by atoms with Gasteiger partial charge in [-0.25, -0.2) is 0 Å². The minimum Gasteiger partial charge on any atom is -0.481 e. The molecule has 2 saturated carbocycles. The van der Waals surface area contributed by atoms with E-state index in [9.17, 15) is 14.7 Å². The highest BCUT2D eigenvalue weighted by atomic mass is 16.5. The normalized spacial score (nSPS) is 40.5. The number of aliphatic carboxylic acids is 1. The number of fused-ring (bicyclic) bond motifs is 3. The van der Waals surface area contributed by atoms with Crippen molar-refractivity contribution in [2.24, 2.45) is 28.6 Å². The zero-order chi connectivity index (χ0) is 19.8. The maximum atomic E-state index is 11.6. The average Bonchev–Trinajstić information content (AvgIpc) is 2.57. The fourth-order valence-corrected chi connectivity index (χ4v) is 6.29. The molecule has 4 heteroatoms. The molecule has 0 spiro atoms. The summed E-state index contributed by atoms with van der Waals surface area (Å²) in [5, 5.41) is 9.56. The van der Waals surface area contributed by atoms with Crippen LogP contribution in [0.3, 0.4) is 0 Å². The van der Waals surface area contributed by atoms with E-state index in [1.807, 2.05) is 6.92 Å². The molecule has 0 saturated heterocycles. The maximum Gasteiger partial charge on any atom is 0.303 e. The zero-order valence-electron chi connectivity index (χ0n) is 17.0. The molecular weight excluding hydrogens is 340 g/mol. The average molecular weight is 373 g/mol.